The predicted molar refractivity (Wildman–Crippen MR) is 39.6 cm³/mol. The van der Waals surface area contributed by atoms with Crippen LogP contribution in [0.3, 0.4) is 0 Å². The number of phosphoric ester groups is 1. The summed E-state index contributed by atoms with van der Waals surface area (Å²) in [6.07, 6.45) is 0. The maximum Gasteiger partial charge on any atom is 0.469 e. The maximum absolute atomic E-state index is 10.3. The van der Waals surface area contributed by atoms with Crippen LogP contribution in [0.1, 0.15) is 0 Å². The molecule has 0 aliphatic heterocycles. The number of hydrogen-bond acceptors (Lipinski definition) is 5. The SMILES string of the molecule is O=C(O)[C@H](COP(=O)(O)O)NCO. The first-order valence-electron chi connectivity index (χ1n) is 3.14. The number of aliphatic carboxylic acids is 1. The Hall–Kier alpha value is -0.500. The van der Waals surface area contributed by atoms with Crippen LogP contribution in [0, 0.1) is 0 Å². The lowest BCUT2D eigenvalue weighted by Crippen LogP contribution is -2.40. The number of carbonyl (C=O) groups is 1. The van der Waals surface area contributed by atoms with Gasteiger partial charge in [-0.15, -0.1) is 0 Å². The zero-order chi connectivity index (χ0) is 10.5. The molecule has 0 aromatic carbocycles. The average Bonchev–Trinajstić information content (AvgIpc) is 1.95. The molecule has 0 fully saturated rings. The normalized spacial score (nSPS) is 14.1. The third-order valence-electron chi connectivity index (χ3n) is 1.05. The molecule has 0 aromatic heterocycles. The van der Waals surface area contributed by atoms with Crippen LogP contribution in [0.5, 0.6) is 0 Å². The minimum absolute atomic E-state index is 0.624. The fourth-order valence-electron chi connectivity index (χ4n) is 0.499. The van der Waals surface area contributed by atoms with E-state index in [-0.39, 0.29) is 0 Å². The van der Waals surface area contributed by atoms with Crippen LogP contribution in [-0.4, -0.2) is 45.3 Å². The number of hydrogen-bond donors (Lipinski definition) is 5. The van der Waals surface area contributed by atoms with E-state index in [2.05, 4.69) is 4.52 Å². The Bertz CT molecular complexity index is 213. The van der Waals surface area contributed by atoms with Gasteiger partial charge in [0, 0.05) is 0 Å². The third-order valence-corrected chi connectivity index (χ3v) is 1.53. The molecule has 0 rings (SSSR count). The van der Waals surface area contributed by atoms with Gasteiger partial charge in [-0.2, -0.15) is 0 Å². The van der Waals surface area contributed by atoms with Crippen molar-refractivity contribution >= 4 is 13.8 Å². The Labute approximate surface area is 73.4 Å². The molecule has 13 heavy (non-hydrogen) atoms. The number of carboxylic acid groups (broad SMARTS) is 1. The largest absolute Gasteiger partial charge is 0.480 e. The van der Waals surface area contributed by atoms with Gasteiger partial charge in [0.25, 0.3) is 0 Å². The second-order valence-corrected chi connectivity index (χ2v) is 3.28. The summed E-state index contributed by atoms with van der Waals surface area (Å²) in [6.45, 7) is -1.35. The van der Waals surface area contributed by atoms with Gasteiger partial charge in [0.15, 0.2) is 0 Å². The minimum atomic E-state index is -4.67. The standard InChI is InChI=1S/C4H10NO7P/c6-2-5-3(4(7)8)1-12-13(9,10)11/h3,5-6H,1-2H2,(H,7,8)(H2,9,10,11)/t3-/m0/s1. The molecular formula is C4H10NO7P. The van der Waals surface area contributed by atoms with Crippen LogP contribution in [0.4, 0.5) is 0 Å². The number of phosphoric acid groups is 1. The van der Waals surface area contributed by atoms with Crippen LogP contribution < -0.4 is 5.32 Å². The van der Waals surface area contributed by atoms with Crippen molar-refractivity contribution in [3.63, 3.8) is 0 Å². The highest BCUT2D eigenvalue weighted by Gasteiger charge is 2.22. The highest BCUT2D eigenvalue weighted by atomic mass is 31.2. The van der Waals surface area contributed by atoms with Crippen LogP contribution in [0.25, 0.3) is 0 Å². The zero-order valence-corrected chi connectivity index (χ0v) is 7.35. The molecule has 0 heterocycles. The molecule has 8 nitrogen and oxygen atoms in total. The summed E-state index contributed by atoms with van der Waals surface area (Å²) >= 11 is 0. The van der Waals surface area contributed by atoms with E-state index in [9.17, 15) is 9.36 Å². The quantitative estimate of drug-likeness (QED) is 0.255. The van der Waals surface area contributed by atoms with Crippen molar-refractivity contribution < 1.29 is 33.9 Å². The smallest absolute Gasteiger partial charge is 0.469 e. The van der Waals surface area contributed by atoms with E-state index in [0.717, 1.165) is 0 Å². The van der Waals surface area contributed by atoms with Gasteiger partial charge in [-0.25, -0.2) is 4.57 Å². The Kier molecular flexibility index (Phi) is 5.07. The summed E-state index contributed by atoms with van der Waals surface area (Å²) in [7, 11) is -4.67. The first kappa shape index (κ1) is 12.5. The molecule has 78 valence electrons. The van der Waals surface area contributed by atoms with Crippen molar-refractivity contribution in [1.82, 2.24) is 5.32 Å². The minimum Gasteiger partial charge on any atom is -0.480 e. The maximum atomic E-state index is 10.3. The first-order valence-corrected chi connectivity index (χ1v) is 4.67. The molecule has 0 aromatic rings. The summed E-state index contributed by atoms with van der Waals surface area (Å²) in [6, 6.07) is -1.35. The average molecular weight is 215 g/mol. The Morgan fingerprint density at radius 3 is 2.38 bits per heavy atom. The topological polar surface area (TPSA) is 136 Å². The number of nitrogens with one attached hydrogen (secondary N) is 1. The molecule has 5 N–H and O–H groups in total. The van der Waals surface area contributed by atoms with Gasteiger partial charge < -0.3 is 20.0 Å². The molecule has 0 saturated carbocycles. The molecule has 0 unspecified atom stereocenters. The number of aliphatic hydroxyl groups excluding tert-OH is 1. The molecule has 0 spiro atoms. The van der Waals surface area contributed by atoms with Crippen molar-refractivity contribution in [2.45, 2.75) is 6.04 Å². The second-order valence-electron chi connectivity index (χ2n) is 2.04. The molecule has 0 bridgehead atoms. The van der Waals surface area contributed by atoms with Crippen LogP contribution in [-0.2, 0) is 13.9 Å². The highest BCUT2D eigenvalue weighted by Crippen LogP contribution is 2.35. The van der Waals surface area contributed by atoms with Crippen molar-refractivity contribution in [3.8, 4) is 0 Å². The summed E-state index contributed by atoms with van der Waals surface area (Å²) in [5.41, 5.74) is 0. The zero-order valence-electron chi connectivity index (χ0n) is 6.45. The lowest BCUT2D eigenvalue weighted by atomic mass is 10.3. The second kappa shape index (κ2) is 5.28. The van der Waals surface area contributed by atoms with Gasteiger partial charge in [0.2, 0.25) is 0 Å². The Morgan fingerprint density at radius 2 is 2.08 bits per heavy atom. The first-order chi connectivity index (χ1) is 5.87. The van der Waals surface area contributed by atoms with Gasteiger partial charge in [-0.1, -0.05) is 0 Å². The highest BCUT2D eigenvalue weighted by molar-refractivity contribution is 7.46. The molecule has 0 amide bonds. The summed E-state index contributed by atoms with van der Waals surface area (Å²) in [5.74, 6) is -1.37. The van der Waals surface area contributed by atoms with Crippen LogP contribution in [0.2, 0.25) is 0 Å². The van der Waals surface area contributed by atoms with Gasteiger partial charge >= 0.3 is 13.8 Å². The monoisotopic (exact) mass is 215 g/mol. The van der Waals surface area contributed by atoms with E-state index in [4.69, 9.17) is 20.0 Å². The van der Waals surface area contributed by atoms with Crippen molar-refractivity contribution in [3.05, 3.63) is 0 Å². The summed E-state index contributed by atoms with van der Waals surface area (Å²) < 4.78 is 14.1. The van der Waals surface area contributed by atoms with E-state index < -0.39 is 33.2 Å². The van der Waals surface area contributed by atoms with Gasteiger partial charge in [-0.05, 0) is 0 Å². The molecule has 0 aliphatic carbocycles. The van der Waals surface area contributed by atoms with Gasteiger partial charge in [0.1, 0.15) is 6.04 Å². The molecular weight excluding hydrogens is 205 g/mol. The molecule has 0 radical (unpaired) electrons. The van der Waals surface area contributed by atoms with E-state index in [1.165, 1.54) is 0 Å². The lowest BCUT2D eigenvalue weighted by Gasteiger charge is -2.12. The Balaban J connectivity index is 3.97. The van der Waals surface area contributed by atoms with Crippen molar-refractivity contribution in [2.75, 3.05) is 13.3 Å². The van der Waals surface area contributed by atoms with E-state index >= 15 is 0 Å². The predicted octanol–water partition coefficient (Wildman–Crippen LogP) is -1.91. The fraction of sp³-hybridized carbons (Fsp3) is 0.750. The number of rotatable bonds is 6. The molecule has 9 heteroatoms. The van der Waals surface area contributed by atoms with E-state index in [0.29, 0.717) is 0 Å². The van der Waals surface area contributed by atoms with Crippen molar-refractivity contribution in [1.29, 1.82) is 0 Å². The van der Waals surface area contributed by atoms with Gasteiger partial charge in [0.05, 0.1) is 13.3 Å². The van der Waals surface area contributed by atoms with E-state index in [1.807, 2.05) is 5.32 Å². The molecule has 1 atom stereocenters. The third kappa shape index (κ3) is 6.64. The summed E-state index contributed by atoms with van der Waals surface area (Å²) in [5, 5.41) is 18.7. The van der Waals surface area contributed by atoms with Crippen LogP contribution in [0.15, 0.2) is 0 Å². The van der Waals surface area contributed by atoms with E-state index in [1.54, 1.807) is 0 Å². The molecule has 0 aliphatic rings. The lowest BCUT2D eigenvalue weighted by molar-refractivity contribution is -0.140. The molecule has 0 saturated heterocycles. The van der Waals surface area contributed by atoms with Gasteiger partial charge in [-0.3, -0.25) is 14.6 Å². The fourth-order valence-corrected chi connectivity index (χ4v) is 0.843. The summed E-state index contributed by atoms with van der Waals surface area (Å²) in [4.78, 5) is 26.7. The number of aliphatic hydroxyl groups is 1. The van der Waals surface area contributed by atoms with Crippen LogP contribution >= 0.6 is 7.82 Å². The van der Waals surface area contributed by atoms with Crippen molar-refractivity contribution in [2.24, 2.45) is 0 Å². The number of carboxylic acids is 1. The Morgan fingerprint density at radius 1 is 1.54 bits per heavy atom.